The molecule has 0 unspecified atom stereocenters. The van der Waals surface area contributed by atoms with Crippen LogP contribution >= 0.6 is 0 Å². The number of hydrogen-bond donors (Lipinski definition) is 1. The maximum Gasteiger partial charge on any atom is 0.224 e. The molecule has 3 rings (SSSR count). The van der Waals surface area contributed by atoms with Crippen molar-refractivity contribution in [3.63, 3.8) is 0 Å². The average Bonchev–Trinajstić information content (AvgIpc) is 2.84. The first kappa shape index (κ1) is 11.4. The summed E-state index contributed by atoms with van der Waals surface area (Å²) in [5.74, 6) is 0.636. The van der Waals surface area contributed by atoms with Gasteiger partial charge in [0.1, 0.15) is 12.9 Å². The molecule has 4 nitrogen and oxygen atoms in total. The number of fused-ring (bicyclic) bond motifs is 1. The third-order valence-corrected chi connectivity index (χ3v) is 3.60. The Hall–Kier alpha value is -1.68. The van der Waals surface area contributed by atoms with Gasteiger partial charge in [-0.1, -0.05) is 25.0 Å². The SMILES string of the molecule is NC1(COc2ncnc3ccccc23)CCCC1. The van der Waals surface area contributed by atoms with Crippen LogP contribution in [0.4, 0.5) is 0 Å². The molecule has 4 heteroatoms. The highest BCUT2D eigenvalue weighted by molar-refractivity contribution is 5.82. The van der Waals surface area contributed by atoms with Crippen LogP contribution in [0.2, 0.25) is 0 Å². The fourth-order valence-corrected chi connectivity index (χ4v) is 2.53. The fraction of sp³-hybridized carbons (Fsp3) is 0.429. The Kier molecular flexibility index (Phi) is 2.88. The lowest BCUT2D eigenvalue weighted by atomic mass is 10.0. The molecule has 94 valence electrons. The van der Waals surface area contributed by atoms with E-state index < -0.39 is 0 Å². The van der Waals surface area contributed by atoms with E-state index in [1.807, 2.05) is 24.3 Å². The lowest BCUT2D eigenvalue weighted by Crippen LogP contribution is -2.42. The van der Waals surface area contributed by atoms with Gasteiger partial charge in [-0.2, -0.15) is 0 Å². The van der Waals surface area contributed by atoms with Gasteiger partial charge in [0.05, 0.1) is 16.4 Å². The Morgan fingerprint density at radius 1 is 1.17 bits per heavy atom. The van der Waals surface area contributed by atoms with E-state index in [9.17, 15) is 0 Å². The van der Waals surface area contributed by atoms with Gasteiger partial charge in [-0.05, 0) is 25.0 Å². The Bertz CT molecular complexity index is 544. The third-order valence-electron chi connectivity index (χ3n) is 3.60. The summed E-state index contributed by atoms with van der Waals surface area (Å²) < 4.78 is 5.83. The molecule has 0 bridgehead atoms. The van der Waals surface area contributed by atoms with Crippen LogP contribution in [0.5, 0.6) is 5.88 Å². The lowest BCUT2D eigenvalue weighted by molar-refractivity contribution is 0.216. The van der Waals surface area contributed by atoms with Crippen LogP contribution in [0.15, 0.2) is 30.6 Å². The molecule has 1 aromatic carbocycles. The van der Waals surface area contributed by atoms with Crippen molar-refractivity contribution in [2.24, 2.45) is 5.73 Å². The Balaban J connectivity index is 1.82. The van der Waals surface area contributed by atoms with Gasteiger partial charge in [0.2, 0.25) is 5.88 Å². The van der Waals surface area contributed by atoms with Crippen LogP contribution in [0, 0.1) is 0 Å². The van der Waals surface area contributed by atoms with Gasteiger partial charge in [0.15, 0.2) is 0 Å². The Morgan fingerprint density at radius 3 is 2.78 bits per heavy atom. The molecule has 0 radical (unpaired) electrons. The van der Waals surface area contributed by atoms with Crippen LogP contribution in [-0.4, -0.2) is 22.1 Å². The maximum atomic E-state index is 6.28. The van der Waals surface area contributed by atoms with Crippen LogP contribution in [0.1, 0.15) is 25.7 Å². The first-order valence-corrected chi connectivity index (χ1v) is 6.38. The van der Waals surface area contributed by atoms with Crippen LogP contribution in [0.25, 0.3) is 10.9 Å². The van der Waals surface area contributed by atoms with Crippen molar-refractivity contribution >= 4 is 10.9 Å². The van der Waals surface area contributed by atoms with Gasteiger partial charge in [0, 0.05) is 0 Å². The smallest absolute Gasteiger partial charge is 0.224 e. The Morgan fingerprint density at radius 2 is 1.94 bits per heavy atom. The summed E-state index contributed by atoms with van der Waals surface area (Å²) in [6, 6.07) is 7.85. The molecule has 2 N–H and O–H groups in total. The highest BCUT2D eigenvalue weighted by Crippen LogP contribution is 2.29. The van der Waals surface area contributed by atoms with Crippen molar-refractivity contribution in [2.75, 3.05) is 6.61 Å². The minimum Gasteiger partial charge on any atom is -0.475 e. The van der Waals surface area contributed by atoms with Gasteiger partial charge in [-0.3, -0.25) is 0 Å². The summed E-state index contributed by atoms with van der Waals surface area (Å²) in [5.41, 5.74) is 7.01. The molecule has 0 spiro atoms. The van der Waals surface area contributed by atoms with Crippen LogP contribution in [-0.2, 0) is 0 Å². The van der Waals surface area contributed by atoms with E-state index >= 15 is 0 Å². The second kappa shape index (κ2) is 4.53. The summed E-state index contributed by atoms with van der Waals surface area (Å²) in [5, 5.41) is 0.946. The zero-order chi connectivity index (χ0) is 12.4. The predicted molar refractivity (Wildman–Crippen MR) is 70.4 cm³/mol. The summed E-state index contributed by atoms with van der Waals surface area (Å²) >= 11 is 0. The van der Waals surface area contributed by atoms with Crippen LogP contribution < -0.4 is 10.5 Å². The maximum absolute atomic E-state index is 6.28. The molecule has 0 atom stereocenters. The van der Waals surface area contributed by atoms with E-state index in [-0.39, 0.29) is 5.54 Å². The number of nitrogens with two attached hydrogens (primary N) is 1. The van der Waals surface area contributed by atoms with Crippen molar-refractivity contribution in [1.29, 1.82) is 0 Å². The number of nitrogens with zero attached hydrogens (tertiary/aromatic N) is 2. The zero-order valence-corrected chi connectivity index (χ0v) is 10.3. The van der Waals surface area contributed by atoms with Crippen molar-refractivity contribution in [3.8, 4) is 5.88 Å². The minimum atomic E-state index is -0.175. The molecular formula is C14H17N3O. The number of aromatic nitrogens is 2. The number of hydrogen-bond acceptors (Lipinski definition) is 4. The summed E-state index contributed by atoms with van der Waals surface area (Å²) in [6.45, 7) is 0.536. The molecular weight excluding hydrogens is 226 g/mol. The number of ether oxygens (including phenoxy) is 1. The van der Waals surface area contributed by atoms with Gasteiger partial charge in [-0.15, -0.1) is 0 Å². The normalized spacial score (nSPS) is 18.1. The fourth-order valence-electron chi connectivity index (χ4n) is 2.53. The second-order valence-electron chi connectivity index (χ2n) is 5.05. The molecule has 0 saturated heterocycles. The molecule has 1 saturated carbocycles. The zero-order valence-electron chi connectivity index (χ0n) is 10.3. The van der Waals surface area contributed by atoms with E-state index in [2.05, 4.69) is 9.97 Å². The molecule has 1 aromatic heterocycles. The molecule has 18 heavy (non-hydrogen) atoms. The molecule has 1 aliphatic rings. The largest absolute Gasteiger partial charge is 0.475 e. The molecule has 2 aromatic rings. The predicted octanol–water partition coefficient (Wildman–Crippen LogP) is 2.28. The van der Waals surface area contributed by atoms with Gasteiger partial charge >= 0.3 is 0 Å². The van der Waals surface area contributed by atoms with Gasteiger partial charge < -0.3 is 10.5 Å². The number of rotatable bonds is 3. The standard InChI is InChI=1S/C14H17N3O/c15-14(7-3-4-8-14)9-18-13-11-5-1-2-6-12(11)16-10-17-13/h1-2,5-6,10H,3-4,7-9,15H2. The molecule has 1 aliphatic carbocycles. The van der Waals surface area contributed by atoms with Crippen LogP contribution in [0.3, 0.4) is 0 Å². The quantitative estimate of drug-likeness (QED) is 0.898. The lowest BCUT2D eigenvalue weighted by Gasteiger charge is -2.23. The van der Waals surface area contributed by atoms with E-state index in [0.29, 0.717) is 12.5 Å². The van der Waals surface area contributed by atoms with Crippen molar-refractivity contribution in [3.05, 3.63) is 30.6 Å². The van der Waals surface area contributed by atoms with Gasteiger partial charge in [0.25, 0.3) is 0 Å². The summed E-state index contributed by atoms with van der Waals surface area (Å²) in [4.78, 5) is 8.43. The Labute approximate surface area is 106 Å². The monoisotopic (exact) mass is 243 g/mol. The van der Waals surface area contributed by atoms with Gasteiger partial charge in [-0.25, -0.2) is 9.97 Å². The van der Waals surface area contributed by atoms with E-state index in [4.69, 9.17) is 10.5 Å². The highest BCUT2D eigenvalue weighted by Gasteiger charge is 2.30. The topological polar surface area (TPSA) is 61.0 Å². The average molecular weight is 243 g/mol. The number of benzene rings is 1. The van der Waals surface area contributed by atoms with Crippen molar-refractivity contribution in [2.45, 2.75) is 31.2 Å². The minimum absolute atomic E-state index is 0.175. The van der Waals surface area contributed by atoms with E-state index in [0.717, 1.165) is 23.7 Å². The summed E-state index contributed by atoms with van der Waals surface area (Å²) in [6.07, 6.45) is 6.01. The highest BCUT2D eigenvalue weighted by atomic mass is 16.5. The number of para-hydroxylation sites is 1. The first-order chi connectivity index (χ1) is 8.77. The first-order valence-electron chi connectivity index (χ1n) is 6.38. The molecule has 0 amide bonds. The summed E-state index contributed by atoms with van der Waals surface area (Å²) in [7, 11) is 0. The van der Waals surface area contributed by atoms with E-state index in [1.165, 1.54) is 19.2 Å². The third kappa shape index (κ3) is 2.16. The van der Waals surface area contributed by atoms with E-state index in [1.54, 1.807) is 0 Å². The molecule has 0 aliphatic heterocycles. The van der Waals surface area contributed by atoms with Crippen molar-refractivity contribution in [1.82, 2.24) is 9.97 Å². The molecule has 1 fully saturated rings. The van der Waals surface area contributed by atoms with Crippen molar-refractivity contribution < 1.29 is 4.74 Å². The molecule has 1 heterocycles. The second-order valence-corrected chi connectivity index (χ2v) is 5.05.